The first-order valence-electron chi connectivity index (χ1n) is 7.27. The molecule has 0 bridgehead atoms. The van der Waals surface area contributed by atoms with Crippen molar-refractivity contribution < 1.29 is 9.16 Å². The molecule has 5 nitrogen and oxygen atoms in total. The van der Waals surface area contributed by atoms with Crippen LogP contribution in [0.1, 0.15) is 20.8 Å². The standard InChI is InChI=1S/C14H26ClN3O2SSi/c1-14(2,3)22(4,5)20-7-6-19-8-9-21-13-11(16)10-12(15)17-18-13/h10H,6-9H2,1-5H3,(H2,16,17). The van der Waals surface area contributed by atoms with Gasteiger partial charge in [-0.1, -0.05) is 32.4 Å². The molecule has 1 heterocycles. The fourth-order valence-electron chi connectivity index (χ4n) is 1.35. The van der Waals surface area contributed by atoms with E-state index < -0.39 is 8.32 Å². The van der Waals surface area contributed by atoms with Crippen molar-refractivity contribution in [2.75, 3.05) is 31.3 Å². The van der Waals surface area contributed by atoms with E-state index in [0.717, 1.165) is 5.75 Å². The lowest BCUT2D eigenvalue weighted by atomic mass is 10.2. The first-order chi connectivity index (χ1) is 10.1. The van der Waals surface area contributed by atoms with Gasteiger partial charge in [-0.2, -0.15) is 0 Å². The number of nitrogen functional groups attached to an aromatic ring is 1. The van der Waals surface area contributed by atoms with Crippen molar-refractivity contribution in [3.8, 4) is 0 Å². The summed E-state index contributed by atoms with van der Waals surface area (Å²) in [6, 6.07) is 1.60. The second-order valence-corrected chi connectivity index (χ2v) is 12.8. The molecule has 1 aromatic rings. The van der Waals surface area contributed by atoms with Crippen LogP contribution >= 0.6 is 23.4 Å². The normalized spacial score (nSPS) is 12.6. The predicted molar refractivity (Wildman–Crippen MR) is 96.1 cm³/mol. The number of halogens is 1. The minimum Gasteiger partial charge on any atom is -0.414 e. The average molecular weight is 364 g/mol. The van der Waals surface area contributed by atoms with Gasteiger partial charge >= 0.3 is 0 Å². The van der Waals surface area contributed by atoms with Crippen LogP contribution in [0, 0.1) is 0 Å². The highest BCUT2D eigenvalue weighted by atomic mass is 35.5. The molecule has 8 heteroatoms. The van der Waals surface area contributed by atoms with Gasteiger partial charge in [-0.3, -0.25) is 0 Å². The SMILES string of the molecule is CC(C)(C)[Si](C)(C)OCCOCCSc1nnc(Cl)cc1N. The monoisotopic (exact) mass is 363 g/mol. The summed E-state index contributed by atoms with van der Waals surface area (Å²) in [6.45, 7) is 13.0. The maximum atomic E-state index is 6.04. The van der Waals surface area contributed by atoms with Gasteiger partial charge in [0.05, 0.1) is 25.5 Å². The molecule has 0 fully saturated rings. The number of aromatic nitrogens is 2. The molecule has 0 atom stereocenters. The number of hydrogen-bond acceptors (Lipinski definition) is 6. The second kappa shape index (κ2) is 8.49. The van der Waals surface area contributed by atoms with E-state index in [0.29, 0.717) is 35.7 Å². The van der Waals surface area contributed by atoms with Crippen LogP contribution in [0.25, 0.3) is 0 Å². The van der Waals surface area contributed by atoms with E-state index in [1.807, 2.05) is 0 Å². The topological polar surface area (TPSA) is 70.3 Å². The summed E-state index contributed by atoms with van der Waals surface area (Å²) in [5.41, 5.74) is 6.36. The van der Waals surface area contributed by atoms with Crippen molar-refractivity contribution in [1.82, 2.24) is 10.2 Å². The molecule has 0 radical (unpaired) electrons. The lowest BCUT2D eigenvalue weighted by Gasteiger charge is -2.36. The number of ether oxygens (including phenoxy) is 1. The largest absolute Gasteiger partial charge is 0.414 e. The summed E-state index contributed by atoms with van der Waals surface area (Å²) in [4.78, 5) is 0. The van der Waals surface area contributed by atoms with Crippen molar-refractivity contribution in [2.24, 2.45) is 0 Å². The Labute approximate surface area is 143 Å². The van der Waals surface area contributed by atoms with Crippen LogP contribution in [0.15, 0.2) is 11.1 Å². The fourth-order valence-corrected chi connectivity index (χ4v) is 3.25. The average Bonchev–Trinajstić information content (AvgIpc) is 2.38. The Morgan fingerprint density at radius 3 is 2.50 bits per heavy atom. The molecule has 1 rings (SSSR count). The molecule has 0 spiro atoms. The van der Waals surface area contributed by atoms with E-state index in [2.05, 4.69) is 44.1 Å². The van der Waals surface area contributed by atoms with Gasteiger partial charge in [0.2, 0.25) is 0 Å². The molecule has 0 saturated carbocycles. The van der Waals surface area contributed by atoms with Crippen LogP contribution < -0.4 is 5.73 Å². The van der Waals surface area contributed by atoms with E-state index in [1.54, 1.807) is 6.07 Å². The minimum atomic E-state index is -1.67. The molecular weight excluding hydrogens is 338 g/mol. The van der Waals surface area contributed by atoms with E-state index >= 15 is 0 Å². The molecule has 0 saturated heterocycles. The summed E-state index contributed by atoms with van der Waals surface area (Å²) < 4.78 is 11.6. The van der Waals surface area contributed by atoms with Crippen molar-refractivity contribution >= 4 is 37.4 Å². The molecule has 0 aliphatic rings. The second-order valence-electron chi connectivity index (χ2n) is 6.50. The summed E-state index contributed by atoms with van der Waals surface area (Å²) in [6.07, 6.45) is 0. The lowest BCUT2D eigenvalue weighted by molar-refractivity contribution is 0.106. The van der Waals surface area contributed by atoms with Crippen LogP contribution in [-0.4, -0.2) is 44.1 Å². The number of rotatable bonds is 8. The molecule has 0 aliphatic heterocycles. The highest BCUT2D eigenvalue weighted by molar-refractivity contribution is 7.99. The van der Waals surface area contributed by atoms with Crippen LogP contribution in [0.4, 0.5) is 5.69 Å². The quantitative estimate of drug-likeness (QED) is 0.430. The molecular formula is C14H26ClN3O2SSi. The van der Waals surface area contributed by atoms with Gasteiger partial charge in [0, 0.05) is 11.8 Å². The Balaban J connectivity index is 2.16. The third-order valence-electron chi connectivity index (χ3n) is 3.72. The Kier molecular flexibility index (Phi) is 7.61. The Bertz CT molecular complexity index is 484. The van der Waals surface area contributed by atoms with Crippen LogP contribution in [0.2, 0.25) is 23.3 Å². The van der Waals surface area contributed by atoms with Crippen molar-refractivity contribution in [2.45, 2.75) is 43.9 Å². The Morgan fingerprint density at radius 2 is 1.91 bits per heavy atom. The first kappa shape index (κ1) is 19.7. The molecule has 2 N–H and O–H groups in total. The van der Waals surface area contributed by atoms with Gasteiger partial charge in [0.25, 0.3) is 0 Å². The molecule has 22 heavy (non-hydrogen) atoms. The minimum absolute atomic E-state index is 0.230. The van der Waals surface area contributed by atoms with Crippen molar-refractivity contribution in [1.29, 1.82) is 0 Å². The third kappa shape index (κ3) is 6.42. The molecule has 0 unspecified atom stereocenters. The zero-order valence-corrected chi connectivity index (χ0v) is 16.6. The van der Waals surface area contributed by atoms with Crippen LogP contribution in [0.3, 0.4) is 0 Å². The van der Waals surface area contributed by atoms with E-state index in [-0.39, 0.29) is 5.04 Å². The van der Waals surface area contributed by atoms with Gasteiger partial charge in [-0.05, 0) is 18.1 Å². The lowest BCUT2D eigenvalue weighted by Crippen LogP contribution is -2.41. The van der Waals surface area contributed by atoms with Gasteiger partial charge < -0.3 is 14.9 Å². The number of anilines is 1. The summed E-state index contributed by atoms with van der Waals surface area (Å²) >= 11 is 7.22. The van der Waals surface area contributed by atoms with Gasteiger partial charge in [0.1, 0.15) is 5.03 Å². The third-order valence-corrected chi connectivity index (χ3v) is 9.41. The van der Waals surface area contributed by atoms with Gasteiger partial charge in [0.15, 0.2) is 13.5 Å². The highest BCUT2D eigenvalue weighted by Gasteiger charge is 2.36. The van der Waals surface area contributed by atoms with Gasteiger partial charge in [-0.25, -0.2) is 0 Å². The number of nitrogens with zero attached hydrogens (tertiary/aromatic N) is 2. The number of thioether (sulfide) groups is 1. The molecule has 0 aliphatic carbocycles. The molecule has 0 amide bonds. The predicted octanol–water partition coefficient (Wildman–Crippen LogP) is 3.84. The zero-order valence-electron chi connectivity index (χ0n) is 14.0. The number of hydrogen-bond donors (Lipinski definition) is 1. The first-order valence-corrected chi connectivity index (χ1v) is 11.5. The van der Waals surface area contributed by atoms with Crippen molar-refractivity contribution in [3.05, 3.63) is 11.2 Å². The number of nitrogens with two attached hydrogens (primary N) is 1. The van der Waals surface area contributed by atoms with Gasteiger partial charge in [-0.15, -0.1) is 22.0 Å². The molecule has 1 aromatic heterocycles. The summed E-state index contributed by atoms with van der Waals surface area (Å²) in [7, 11) is -1.67. The summed E-state index contributed by atoms with van der Waals surface area (Å²) in [5.74, 6) is 0.764. The highest BCUT2D eigenvalue weighted by Crippen LogP contribution is 2.36. The smallest absolute Gasteiger partial charge is 0.192 e. The van der Waals surface area contributed by atoms with E-state index in [1.165, 1.54) is 11.8 Å². The molecule has 0 aromatic carbocycles. The van der Waals surface area contributed by atoms with E-state index in [4.69, 9.17) is 26.5 Å². The van der Waals surface area contributed by atoms with E-state index in [9.17, 15) is 0 Å². The maximum absolute atomic E-state index is 6.04. The van der Waals surface area contributed by atoms with Crippen LogP contribution in [0.5, 0.6) is 0 Å². The van der Waals surface area contributed by atoms with Crippen LogP contribution in [-0.2, 0) is 9.16 Å². The maximum Gasteiger partial charge on any atom is 0.192 e. The summed E-state index contributed by atoms with van der Waals surface area (Å²) in [5, 5.41) is 8.95. The Hall–Kier alpha value is -0.343. The fraction of sp³-hybridized carbons (Fsp3) is 0.714. The van der Waals surface area contributed by atoms with Crippen molar-refractivity contribution in [3.63, 3.8) is 0 Å². The molecule has 126 valence electrons. The zero-order chi connectivity index (χ0) is 16.8. The Morgan fingerprint density at radius 1 is 1.23 bits per heavy atom.